The van der Waals surface area contributed by atoms with Crippen molar-refractivity contribution in [2.75, 3.05) is 0 Å². The predicted octanol–water partition coefficient (Wildman–Crippen LogP) is 3.65. The fraction of sp³-hybridized carbons (Fsp3) is 0.733. The highest BCUT2D eigenvalue weighted by Gasteiger charge is 2.33. The summed E-state index contributed by atoms with van der Waals surface area (Å²) in [7, 11) is 0. The zero-order valence-electron chi connectivity index (χ0n) is 11.8. The number of nitrogens with two attached hydrogens (primary N) is 1. The third kappa shape index (κ3) is 3.68. The lowest BCUT2D eigenvalue weighted by Crippen LogP contribution is -2.53. The molecule has 0 spiro atoms. The van der Waals surface area contributed by atoms with Crippen molar-refractivity contribution in [1.29, 1.82) is 0 Å². The van der Waals surface area contributed by atoms with E-state index in [0.717, 1.165) is 0 Å². The van der Waals surface area contributed by atoms with E-state index in [-0.39, 0.29) is 5.41 Å². The van der Waals surface area contributed by atoms with Gasteiger partial charge in [-0.05, 0) is 12.8 Å². The van der Waals surface area contributed by atoms with E-state index in [1.807, 2.05) is 0 Å². The van der Waals surface area contributed by atoms with Gasteiger partial charge in [-0.15, -0.1) is 0 Å². The summed E-state index contributed by atoms with van der Waals surface area (Å²) in [5.74, 6) is 6.39. The number of hydrogen-bond donors (Lipinski definition) is 1. The number of hydrazine groups is 1. The molecule has 17 heavy (non-hydrogen) atoms. The molecule has 0 bridgehead atoms. The molecule has 2 N–H and O–H groups in total. The number of allylic oxidation sites excluding steroid dienone is 2. The van der Waals surface area contributed by atoms with E-state index in [1.54, 1.807) is 0 Å². The first kappa shape index (κ1) is 14.5. The van der Waals surface area contributed by atoms with Crippen molar-refractivity contribution in [3.63, 3.8) is 0 Å². The quantitative estimate of drug-likeness (QED) is 0.563. The number of nitrogens with zero attached hydrogens (tertiary/aromatic N) is 1. The molecule has 1 aliphatic rings. The highest BCUT2D eigenvalue weighted by molar-refractivity contribution is 5.21. The first-order valence-electron chi connectivity index (χ1n) is 6.92. The molecule has 0 aromatic rings. The first-order chi connectivity index (χ1) is 8.03. The van der Waals surface area contributed by atoms with Gasteiger partial charge in [0.25, 0.3) is 0 Å². The Labute approximate surface area is 107 Å². The number of rotatable bonds is 6. The summed E-state index contributed by atoms with van der Waals surface area (Å²) in [6, 6.07) is 0.820. The van der Waals surface area contributed by atoms with E-state index >= 15 is 0 Å². The van der Waals surface area contributed by atoms with Gasteiger partial charge in [-0.1, -0.05) is 64.8 Å². The lowest BCUT2D eigenvalue weighted by atomic mass is 9.80. The second-order valence-electron chi connectivity index (χ2n) is 5.69. The molecule has 0 heterocycles. The molecule has 1 rings (SSSR count). The van der Waals surface area contributed by atoms with Crippen LogP contribution in [0.4, 0.5) is 0 Å². The molecule has 0 aromatic heterocycles. The summed E-state index contributed by atoms with van der Waals surface area (Å²) in [6.45, 7) is 8.98. The maximum atomic E-state index is 6.39. The molecule has 0 aliphatic heterocycles. The fourth-order valence-corrected chi connectivity index (χ4v) is 2.64. The Kier molecular flexibility index (Phi) is 5.41. The second kappa shape index (κ2) is 6.36. The maximum absolute atomic E-state index is 6.39. The summed E-state index contributed by atoms with van der Waals surface area (Å²) >= 11 is 0. The van der Waals surface area contributed by atoms with E-state index in [1.165, 1.54) is 25.7 Å². The van der Waals surface area contributed by atoms with Crippen LogP contribution in [0.3, 0.4) is 0 Å². The van der Waals surface area contributed by atoms with E-state index in [2.05, 4.69) is 57.0 Å². The van der Waals surface area contributed by atoms with Crippen LogP contribution in [0.1, 0.15) is 53.4 Å². The van der Waals surface area contributed by atoms with Crippen LogP contribution < -0.4 is 5.84 Å². The third-order valence-electron chi connectivity index (χ3n) is 3.68. The Morgan fingerprint density at radius 3 is 2.24 bits per heavy atom. The monoisotopic (exact) mass is 236 g/mol. The van der Waals surface area contributed by atoms with Gasteiger partial charge in [0.05, 0.1) is 6.04 Å². The number of hydrogen-bond acceptors (Lipinski definition) is 2. The van der Waals surface area contributed by atoms with Crippen molar-refractivity contribution >= 4 is 0 Å². The predicted molar refractivity (Wildman–Crippen MR) is 75.5 cm³/mol. The van der Waals surface area contributed by atoms with E-state index in [9.17, 15) is 0 Å². The van der Waals surface area contributed by atoms with Crippen LogP contribution in [-0.2, 0) is 0 Å². The van der Waals surface area contributed by atoms with Crippen LogP contribution in [0, 0.1) is 5.41 Å². The van der Waals surface area contributed by atoms with E-state index in [0.29, 0.717) is 12.1 Å². The van der Waals surface area contributed by atoms with Crippen molar-refractivity contribution in [1.82, 2.24) is 5.01 Å². The summed E-state index contributed by atoms with van der Waals surface area (Å²) < 4.78 is 0. The minimum Gasteiger partial charge on any atom is -0.268 e. The SMILES string of the molecule is CCCC(CCC)N(N)C1C=CC=CC1(C)C. The zero-order valence-corrected chi connectivity index (χ0v) is 11.8. The Morgan fingerprint density at radius 2 is 1.76 bits per heavy atom. The largest absolute Gasteiger partial charge is 0.268 e. The van der Waals surface area contributed by atoms with Crippen LogP contribution in [0.15, 0.2) is 24.3 Å². The summed E-state index contributed by atoms with van der Waals surface area (Å²) in [6.07, 6.45) is 13.5. The van der Waals surface area contributed by atoms with Crippen LogP contribution in [0.25, 0.3) is 0 Å². The normalized spacial score (nSPS) is 22.6. The topological polar surface area (TPSA) is 29.3 Å². The molecule has 0 aromatic carbocycles. The lowest BCUT2D eigenvalue weighted by Gasteiger charge is -2.41. The van der Waals surface area contributed by atoms with Crippen molar-refractivity contribution in [3.05, 3.63) is 24.3 Å². The Balaban J connectivity index is 2.75. The molecule has 0 radical (unpaired) electrons. The van der Waals surface area contributed by atoms with Gasteiger partial charge in [-0.3, -0.25) is 5.84 Å². The minimum atomic E-state index is 0.128. The van der Waals surface area contributed by atoms with Crippen molar-refractivity contribution in [2.45, 2.75) is 65.5 Å². The Morgan fingerprint density at radius 1 is 1.18 bits per heavy atom. The van der Waals surface area contributed by atoms with Gasteiger partial charge in [0.1, 0.15) is 0 Å². The average Bonchev–Trinajstić information content (AvgIpc) is 2.27. The second-order valence-corrected chi connectivity index (χ2v) is 5.69. The van der Waals surface area contributed by atoms with E-state index in [4.69, 9.17) is 5.84 Å². The average molecular weight is 236 g/mol. The van der Waals surface area contributed by atoms with Crippen LogP contribution in [0.2, 0.25) is 0 Å². The molecule has 1 atom stereocenters. The van der Waals surface area contributed by atoms with Crippen molar-refractivity contribution in [3.8, 4) is 0 Å². The standard InChI is InChI=1S/C15H28N2/c1-5-9-13(10-6-2)17(16)14-11-7-8-12-15(14,3)4/h7-8,11-14H,5-6,9-10,16H2,1-4H3. The Bertz CT molecular complexity index is 273. The van der Waals surface area contributed by atoms with Crippen molar-refractivity contribution in [2.24, 2.45) is 11.3 Å². The smallest absolute Gasteiger partial charge is 0.0512 e. The molecule has 1 aliphatic carbocycles. The lowest BCUT2D eigenvalue weighted by molar-refractivity contribution is 0.0894. The van der Waals surface area contributed by atoms with Crippen LogP contribution in [0.5, 0.6) is 0 Å². The van der Waals surface area contributed by atoms with Crippen molar-refractivity contribution < 1.29 is 0 Å². The minimum absolute atomic E-state index is 0.128. The van der Waals surface area contributed by atoms with Gasteiger partial charge in [-0.2, -0.15) is 0 Å². The summed E-state index contributed by atoms with van der Waals surface area (Å²) in [5, 5.41) is 2.09. The van der Waals surface area contributed by atoms with Gasteiger partial charge in [0.2, 0.25) is 0 Å². The van der Waals surface area contributed by atoms with Gasteiger partial charge in [0, 0.05) is 11.5 Å². The molecule has 0 fully saturated rings. The maximum Gasteiger partial charge on any atom is 0.0512 e. The van der Waals surface area contributed by atoms with Gasteiger partial charge in [0.15, 0.2) is 0 Å². The third-order valence-corrected chi connectivity index (χ3v) is 3.68. The molecule has 2 heteroatoms. The van der Waals surface area contributed by atoms with Crippen LogP contribution >= 0.6 is 0 Å². The van der Waals surface area contributed by atoms with Gasteiger partial charge in [-0.25, -0.2) is 5.01 Å². The molecular weight excluding hydrogens is 208 g/mol. The Hall–Kier alpha value is -0.600. The molecular formula is C15H28N2. The highest BCUT2D eigenvalue weighted by Crippen LogP contribution is 2.31. The van der Waals surface area contributed by atoms with Crippen LogP contribution in [-0.4, -0.2) is 17.1 Å². The van der Waals surface area contributed by atoms with Gasteiger partial charge >= 0.3 is 0 Å². The first-order valence-corrected chi connectivity index (χ1v) is 6.92. The summed E-state index contributed by atoms with van der Waals surface area (Å²) in [4.78, 5) is 0. The molecule has 0 saturated carbocycles. The highest BCUT2D eigenvalue weighted by atomic mass is 15.4. The summed E-state index contributed by atoms with van der Waals surface area (Å²) in [5.41, 5.74) is 0.128. The molecule has 0 saturated heterocycles. The van der Waals surface area contributed by atoms with Gasteiger partial charge < -0.3 is 0 Å². The van der Waals surface area contributed by atoms with E-state index < -0.39 is 0 Å². The molecule has 2 nitrogen and oxygen atoms in total. The fourth-order valence-electron chi connectivity index (χ4n) is 2.64. The molecule has 98 valence electrons. The molecule has 1 unspecified atom stereocenters. The zero-order chi connectivity index (χ0) is 12.9. The molecule has 0 amide bonds.